The number of nitrogens with zero attached hydrogens (tertiary/aromatic N) is 3. The van der Waals surface area contributed by atoms with Gasteiger partial charge in [-0.3, -0.25) is 24.2 Å². The first-order valence-electron chi connectivity index (χ1n) is 9.80. The summed E-state index contributed by atoms with van der Waals surface area (Å²) in [6.07, 6.45) is 3.22. The van der Waals surface area contributed by atoms with Gasteiger partial charge in [0, 0.05) is 12.7 Å². The summed E-state index contributed by atoms with van der Waals surface area (Å²) in [7, 11) is 0. The Kier molecular flexibility index (Phi) is 5.26. The molecule has 3 heterocycles. The van der Waals surface area contributed by atoms with E-state index >= 15 is 0 Å². The van der Waals surface area contributed by atoms with E-state index in [1.165, 1.54) is 35.7 Å². The van der Waals surface area contributed by atoms with Crippen LogP contribution in [0.15, 0.2) is 48.7 Å². The van der Waals surface area contributed by atoms with E-state index in [2.05, 4.69) is 4.98 Å². The number of carbonyl (C=O) groups is 4. The normalized spacial score (nSPS) is 22.5. The molecule has 0 spiro atoms. The molecule has 4 rings (SSSR count). The number of halogens is 1. The fraction of sp³-hybridized carbons (Fsp3) is 0.273. The van der Waals surface area contributed by atoms with Crippen molar-refractivity contribution in [3.8, 4) is 0 Å². The van der Waals surface area contributed by atoms with E-state index in [1.807, 2.05) is 0 Å². The highest BCUT2D eigenvalue weighted by molar-refractivity contribution is 6.18. The lowest BCUT2D eigenvalue weighted by molar-refractivity contribution is -0.147. The van der Waals surface area contributed by atoms with Crippen LogP contribution in [-0.4, -0.2) is 63.0 Å². The number of fused-ring (bicyclic) bond motifs is 1. The zero-order valence-electron chi connectivity index (χ0n) is 16.5. The molecule has 8 nitrogen and oxygen atoms in total. The van der Waals surface area contributed by atoms with Crippen LogP contribution in [0.1, 0.15) is 22.5 Å². The van der Waals surface area contributed by atoms with E-state index < -0.39 is 35.1 Å². The van der Waals surface area contributed by atoms with Gasteiger partial charge in [-0.1, -0.05) is 18.2 Å². The Bertz CT molecular complexity index is 1040. The highest BCUT2D eigenvalue weighted by Gasteiger charge is 2.67. The molecule has 1 aromatic carbocycles. The van der Waals surface area contributed by atoms with Crippen LogP contribution in [0, 0.1) is 12.2 Å². The van der Waals surface area contributed by atoms with Gasteiger partial charge in [-0.2, -0.15) is 0 Å². The molecule has 159 valence electrons. The van der Waals surface area contributed by atoms with Crippen LogP contribution in [0.4, 0.5) is 4.39 Å². The Morgan fingerprint density at radius 1 is 1.19 bits per heavy atom. The quantitative estimate of drug-likeness (QED) is 0.705. The number of nitrogens with two attached hydrogens (primary N) is 1. The number of ketones is 1. The lowest BCUT2D eigenvalue weighted by Crippen LogP contribution is -2.64. The molecular weight excluding hydrogens is 403 g/mol. The molecule has 0 aliphatic carbocycles. The Balaban J connectivity index is 1.57. The van der Waals surface area contributed by atoms with Crippen molar-refractivity contribution < 1.29 is 23.6 Å². The van der Waals surface area contributed by atoms with Crippen molar-refractivity contribution in [3.63, 3.8) is 0 Å². The third kappa shape index (κ3) is 3.35. The average Bonchev–Trinajstić information content (AvgIpc) is 3.30. The van der Waals surface area contributed by atoms with E-state index in [1.54, 1.807) is 24.3 Å². The summed E-state index contributed by atoms with van der Waals surface area (Å²) in [4.78, 5) is 57.9. The first-order chi connectivity index (χ1) is 14.9. The Hall–Kier alpha value is -3.62. The van der Waals surface area contributed by atoms with Gasteiger partial charge in [-0.15, -0.1) is 0 Å². The van der Waals surface area contributed by atoms with Gasteiger partial charge in [-0.25, -0.2) is 4.39 Å². The van der Waals surface area contributed by atoms with Gasteiger partial charge in [0.05, 0.1) is 19.0 Å². The molecule has 2 N–H and O–H groups in total. The molecule has 2 aromatic rings. The fourth-order valence-corrected chi connectivity index (χ4v) is 4.42. The zero-order chi connectivity index (χ0) is 22.2. The third-order valence-corrected chi connectivity index (χ3v) is 5.86. The summed E-state index contributed by atoms with van der Waals surface area (Å²) in [5.74, 6) is -2.97. The second-order valence-corrected chi connectivity index (χ2v) is 7.53. The number of benzene rings is 1. The molecule has 2 atom stereocenters. The number of likely N-dealkylation sites (tertiary alicyclic amines) is 2. The summed E-state index contributed by atoms with van der Waals surface area (Å²) in [6.45, 7) is -0.227. The van der Waals surface area contributed by atoms with Crippen LogP contribution < -0.4 is 5.73 Å². The maximum atomic E-state index is 13.1. The number of aromatic nitrogens is 1. The molecule has 2 aliphatic rings. The van der Waals surface area contributed by atoms with E-state index in [4.69, 9.17) is 5.73 Å². The lowest BCUT2D eigenvalue weighted by atomic mass is 9.88. The molecule has 31 heavy (non-hydrogen) atoms. The highest BCUT2D eigenvalue weighted by Crippen LogP contribution is 2.40. The van der Waals surface area contributed by atoms with Crippen molar-refractivity contribution in [1.82, 2.24) is 14.8 Å². The second-order valence-electron chi connectivity index (χ2n) is 7.53. The van der Waals surface area contributed by atoms with Crippen LogP contribution >= 0.6 is 0 Å². The van der Waals surface area contributed by atoms with Gasteiger partial charge in [0.2, 0.25) is 11.4 Å². The number of amides is 3. The van der Waals surface area contributed by atoms with Crippen LogP contribution in [0.2, 0.25) is 0 Å². The lowest BCUT2D eigenvalue weighted by Gasteiger charge is -2.34. The summed E-state index contributed by atoms with van der Waals surface area (Å²) in [5, 5.41) is 0. The molecule has 0 saturated carbocycles. The topological polar surface area (TPSA) is 114 Å². The fourth-order valence-electron chi connectivity index (χ4n) is 4.42. The smallest absolute Gasteiger partial charge is 0.273 e. The summed E-state index contributed by atoms with van der Waals surface area (Å²) in [5.41, 5.74) is 4.59. The second kappa shape index (κ2) is 7.90. The first kappa shape index (κ1) is 20.6. The van der Waals surface area contributed by atoms with Crippen LogP contribution in [0.25, 0.3) is 0 Å². The number of hydrogen-bond acceptors (Lipinski definition) is 5. The van der Waals surface area contributed by atoms with Crippen LogP contribution in [0.3, 0.4) is 0 Å². The van der Waals surface area contributed by atoms with Crippen LogP contribution in [-0.2, 0) is 20.8 Å². The molecule has 1 aromatic heterocycles. The standard InChI is InChI=1S/C22H20FN4O4/c23-15-7-4-14(5-8-15)6-9-19(29)27-12-10-17-22(27,21(24)31)18(28)13-26(17)20(30)16-3-1-2-11-25-16/h1-5,7-9,11,17H,6,10,12-13H2,(H2,24,31). The summed E-state index contributed by atoms with van der Waals surface area (Å²) < 4.78 is 13.1. The maximum absolute atomic E-state index is 13.1. The summed E-state index contributed by atoms with van der Waals surface area (Å²) >= 11 is 0. The number of rotatable bonds is 5. The predicted octanol–water partition coefficient (Wildman–Crippen LogP) is 0.518. The van der Waals surface area contributed by atoms with Gasteiger partial charge in [0.25, 0.3) is 11.8 Å². The molecule has 3 amide bonds. The molecule has 0 bridgehead atoms. The minimum atomic E-state index is -1.90. The minimum Gasteiger partial charge on any atom is -0.367 e. The van der Waals surface area contributed by atoms with Crippen LogP contribution in [0.5, 0.6) is 0 Å². The first-order valence-corrected chi connectivity index (χ1v) is 9.80. The molecule has 1 radical (unpaired) electrons. The number of primary amides is 1. The van der Waals surface area contributed by atoms with Crippen molar-refractivity contribution in [3.05, 3.63) is 72.2 Å². The van der Waals surface area contributed by atoms with Crippen molar-refractivity contribution in [2.24, 2.45) is 5.73 Å². The number of pyridine rings is 1. The van der Waals surface area contributed by atoms with Gasteiger partial charge < -0.3 is 15.5 Å². The largest absolute Gasteiger partial charge is 0.367 e. The molecular formula is C22H20FN4O4. The van der Waals surface area contributed by atoms with E-state index in [-0.39, 0.29) is 37.4 Å². The molecule has 2 saturated heterocycles. The van der Waals surface area contributed by atoms with Crippen molar-refractivity contribution in [1.29, 1.82) is 0 Å². The van der Waals surface area contributed by atoms with Crippen molar-refractivity contribution >= 4 is 23.5 Å². The minimum absolute atomic E-state index is 0.101. The van der Waals surface area contributed by atoms with E-state index in [0.29, 0.717) is 5.56 Å². The SMILES string of the molecule is NC(=O)C12C(=O)CN(C(=O)c3ccccn3)C1CCN2C(=O)[CH]Cc1ccc(F)cc1. The Labute approximate surface area is 177 Å². The average molecular weight is 423 g/mol. The Morgan fingerprint density at radius 2 is 1.94 bits per heavy atom. The zero-order valence-corrected chi connectivity index (χ0v) is 16.5. The predicted molar refractivity (Wildman–Crippen MR) is 107 cm³/mol. The molecule has 9 heteroatoms. The van der Waals surface area contributed by atoms with Gasteiger partial charge in [0.15, 0.2) is 5.78 Å². The van der Waals surface area contributed by atoms with E-state index in [9.17, 15) is 23.6 Å². The van der Waals surface area contributed by atoms with E-state index in [0.717, 1.165) is 4.90 Å². The Morgan fingerprint density at radius 3 is 2.58 bits per heavy atom. The number of hydrogen-bond donors (Lipinski definition) is 1. The summed E-state index contributed by atoms with van der Waals surface area (Å²) in [6, 6.07) is 9.63. The highest BCUT2D eigenvalue weighted by atomic mass is 19.1. The number of carbonyl (C=O) groups excluding carboxylic acids is 4. The molecule has 2 fully saturated rings. The maximum Gasteiger partial charge on any atom is 0.273 e. The monoisotopic (exact) mass is 423 g/mol. The number of Topliss-reactive ketones (excluding diaryl/α,β-unsaturated/α-hetero) is 1. The third-order valence-electron chi connectivity index (χ3n) is 5.86. The van der Waals surface area contributed by atoms with Gasteiger partial charge >= 0.3 is 0 Å². The molecule has 2 aliphatic heterocycles. The van der Waals surface area contributed by atoms with Crippen molar-refractivity contribution in [2.75, 3.05) is 13.1 Å². The van der Waals surface area contributed by atoms with Gasteiger partial charge in [-0.05, 0) is 42.7 Å². The van der Waals surface area contributed by atoms with Gasteiger partial charge in [0.1, 0.15) is 11.5 Å². The molecule has 2 unspecified atom stereocenters. The van der Waals surface area contributed by atoms with Crippen molar-refractivity contribution in [2.45, 2.75) is 24.4 Å².